The van der Waals surface area contributed by atoms with Crippen molar-refractivity contribution in [2.45, 2.75) is 45.1 Å². The van der Waals surface area contributed by atoms with Gasteiger partial charge in [0.25, 0.3) is 0 Å². The number of aromatic nitrogens is 3. The molecule has 0 aromatic carbocycles. The van der Waals surface area contributed by atoms with Crippen molar-refractivity contribution < 1.29 is 9.59 Å². The molecule has 0 unspecified atom stereocenters. The van der Waals surface area contributed by atoms with Gasteiger partial charge in [0.15, 0.2) is 0 Å². The standard InChI is InChI=1S/C15H24N6O2/c1-11-16-14(18-19(11)2)17-15(23)20-8-9-21(13(22)10-20)12-6-4-3-5-7-12/h12H,3-10H2,1-2H3,(H,17,18,23). The Hall–Kier alpha value is -2.12. The van der Waals surface area contributed by atoms with Gasteiger partial charge in [-0.25, -0.2) is 4.79 Å². The van der Waals surface area contributed by atoms with Crippen molar-refractivity contribution in [3.05, 3.63) is 5.82 Å². The maximum absolute atomic E-state index is 12.4. The van der Waals surface area contributed by atoms with Crippen molar-refractivity contribution in [3.8, 4) is 0 Å². The van der Waals surface area contributed by atoms with E-state index in [9.17, 15) is 9.59 Å². The minimum atomic E-state index is -0.313. The second kappa shape index (κ2) is 6.55. The van der Waals surface area contributed by atoms with Crippen LogP contribution in [0.1, 0.15) is 37.9 Å². The fourth-order valence-electron chi connectivity index (χ4n) is 3.33. The van der Waals surface area contributed by atoms with Crippen LogP contribution in [0, 0.1) is 6.92 Å². The molecule has 8 nitrogen and oxygen atoms in total. The number of aryl methyl sites for hydroxylation is 2. The minimum Gasteiger partial charge on any atom is -0.336 e. The van der Waals surface area contributed by atoms with Crippen LogP contribution in [0.2, 0.25) is 0 Å². The van der Waals surface area contributed by atoms with E-state index in [-0.39, 0.29) is 24.4 Å². The summed E-state index contributed by atoms with van der Waals surface area (Å²) in [5, 5.41) is 6.77. The van der Waals surface area contributed by atoms with Crippen LogP contribution in [-0.2, 0) is 11.8 Å². The number of amides is 3. The van der Waals surface area contributed by atoms with Gasteiger partial charge in [0.05, 0.1) is 0 Å². The van der Waals surface area contributed by atoms with Crippen LogP contribution in [0.3, 0.4) is 0 Å². The molecule has 1 aliphatic heterocycles. The monoisotopic (exact) mass is 320 g/mol. The first kappa shape index (κ1) is 15.8. The third kappa shape index (κ3) is 3.46. The number of rotatable bonds is 2. The molecule has 23 heavy (non-hydrogen) atoms. The van der Waals surface area contributed by atoms with E-state index in [4.69, 9.17) is 0 Å². The zero-order chi connectivity index (χ0) is 16.4. The first-order valence-corrected chi connectivity index (χ1v) is 8.27. The predicted molar refractivity (Wildman–Crippen MR) is 84.9 cm³/mol. The fourth-order valence-corrected chi connectivity index (χ4v) is 3.33. The number of carbonyl (C=O) groups is 2. The SMILES string of the molecule is Cc1nc(NC(=O)N2CCN(C3CCCCC3)C(=O)C2)nn1C. The van der Waals surface area contributed by atoms with E-state index in [1.54, 1.807) is 11.7 Å². The molecule has 1 aromatic rings. The first-order chi connectivity index (χ1) is 11.0. The average molecular weight is 320 g/mol. The third-order valence-corrected chi connectivity index (χ3v) is 4.76. The van der Waals surface area contributed by atoms with Gasteiger partial charge in [-0.15, -0.1) is 5.10 Å². The second-order valence-corrected chi connectivity index (χ2v) is 6.34. The van der Waals surface area contributed by atoms with Gasteiger partial charge in [0.1, 0.15) is 12.4 Å². The maximum atomic E-state index is 12.4. The molecule has 0 radical (unpaired) electrons. The van der Waals surface area contributed by atoms with E-state index in [2.05, 4.69) is 15.4 Å². The zero-order valence-corrected chi connectivity index (χ0v) is 13.8. The van der Waals surface area contributed by atoms with Gasteiger partial charge in [-0.2, -0.15) is 4.98 Å². The molecule has 1 aliphatic carbocycles. The molecule has 0 atom stereocenters. The molecule has 1 saturated carbocycles. The largest absolute Gasteiger partial charge is 0.336 e. The average Bonchev–Trinajstić information content (AvgIpc) is 2.86. The number of carbonyl (C=O) groups excluding carboxylic acids is 2. The Bertz CT molecular complexity index is 573. The Labute approximate surface area is 135 Å². The molecule has 3 rings (SSSR count). The Balaban J connectivity index is 1.56. The smallest absolute Gasteiger partial charge is 0.324 e. The highest BCUT2D eigenvalue weighted by atomic mass is 16.2. The van der Waals surface area contributed by atoms with E-state index in [0.29, 0.717) is 19.1 Å². The molecule has 1 aromatic heterocycles. The van der Waals surface area contributed by atoms with Crippen molar-refractivity contribution in [2.24, 2.45) is 7.05 Å². The van der Waals surface area contributed by atoms with Crippen molar-refractivity contribution in [1.29, 1.82) is 0 Å². The Kier molecular flexibility index (Phi) is 4.49. The predicted octanol–water partition coefficient (Wildman–Crippen LogP) is 1.13. The van der Waals surface area contributed by atoms with E-state index in [0.717, 1.165) is 18.7 Å². The molecule has 3 amide bonds. The van der Waals surface area contributed by atoms with Crippen molar-refractivity contribution >= 4 is 17.9 Å². The summed E-state index contributed by atoms with van der Waals surface area (Å²) in [6.07, 6.45) is 5.85. The summed E-state index contributed by atoms with van der Waals surface area (Å²) in [6.45, 7) is 3.12. The lowest BCUT2D eigenvalue weighted by atomic mass is 9.93. The second-order valence-electron chi connectivity index (χ2n) is 6.34. The molecule has 0 spiro atoms. The van der Waals surface area contributed by atoms with Crippen LogP contribution in [0.15, 0.2) is 0 Å². The van der Waals surface area contributed by atoms with Crippen LogP contribution in [-0.4, -0.2) is 62.2 Å². The van der Waals surface area contributed by atoms with Crippen molar-refractivity contribution in [1.82, 2.24) is 24.6 Å². The summed E-state index contributed by atoms with van der Waals surface area (Å²) in [6, 6.07) is 0.0498. The molecule has 8 heteroatoms. The molecule has 1 N–H and O–H groups in total. The third-order valence-electron chi connectivity index (χ3n) is 4.76. The lowest BCUT2D eigenvalue weighted by Crippen LogP contribution is -2.56. The maximum Gasteiger partial charge on any atom is 0.324 e. The van der Waals surface area contributed by atoms with Gasteiger partial charge in [0.2, 0.25) is 11.9 Å². The molecule has 1 saturated heterocycles. The summed E-state index contributed by atoms with van der Waals surface area (Å²) in [5.41, 5.74) is 0. The first-order valence-electron chi connectivity index (χ1n) is 8.27. The van der Waals surface area contributed by atoms with Gasteiger partial charge in [-0.1, -0.05) is 19.3 Å². The summed E-state index contributed by atoms with van der Waals surface area (Å²) < 4.78 is 1.60. The minimum absolute atomic E-state index is 0.0449. The van der Waals surface area contributed by atoms with E-state index in [1.165, 1.54) is 24.2 Å². The van der Waals surface area contributed by atoms with E-state index >= 15 is 0 Å². The van der Waals surface area contributed by atoms with Crippen molar-refractivity contribution in [2.75, 3.05) is 25.0 Å². The van der Waals surface area contributed by atoms with E-state index in [1.807, 2.05) is 11.8 Å². The molecule has 2 fully saturated rings. The molecule has 2 heterocycles. The van der Waals surface area contributed by atoms with Crippen LogP contribution in [0.25, 0.3) is 0 Å². The normalized spacial score (nSPS) is 20.0. The number of hydrogen-bond donors (Lipinski definition) is 1. The van der Waals surface area contributed by atoms with Gasteiger partial charge >= 0.3 is 6.03 Å². The van der Waals surface area contributed by atoms with Gasteiger partial charge in [0, 0.05) is 26.2 Å². The summed E-state index contributed by atoms with van der Waals surface area (Å²) >= 11 is 0. The number of nitrogens with zero attached hydrogens (tertiary/aromatic N) is 5. The van der Waals surface area contributed by atoms with Gasteiger partial charge in [-0.05, 0) is 19.8 Å². The number of hydrogen-bond acceptors (Lipinski definition) is 4. The Morgan fingerprint density at radius 3 is 2.57 bits per heavy atom. The highest BCUT2D eigenvalue weighted by Crippen LogP contribution is 2.24. The molecule has 2 aliphatic rings. The molecule has 126 valence electrons. The highest BCUT2D eigenvalue weighted by Gasteiger charge is 2.32. The van der Waals surface area contributed by atoms with Crippen LogP contribution in [0.5, 0.6) is 0 Å². The quantitative estimate of drug-likeness (QED) is 0.885. The molecule has 0 bridgehead atoms. The topological polar surface area (TPSA) is 83.4 Å². The van der Waals surface area contributed by atoms with Crippen LogP contribution >= 0.6 is 0 Å². The van der Waals surface area contributed by atoms with Crippen LogP contribution < -0.4 is 5.32 Å². The highest BCUT2D eigenvalue weighted by molar-refractivity contribution is 5.91. The summed E-state index contributed by atoms with van der Waals surface area (Å²) in [5.74, 6) is 1.04. The van der Waals surface area contributed by atoms with Crippen LogP contribution in [0.4, 0.5) is 10.7 Å². The summed E-state index contributed by atoms with van der Waals surface area (Å²) in [7, 11) is 1.77. The number of nitrogens with one attached hydrogen (secondary N) is 1. The number of anilines is 1. The molecular weight excluding hydrogens is 296 g/mol. The lowest BCUT2D eigenvalue weighted by Gasteiger charge is -2.40. The summed E-state index contributed by atoms with van der Waals surface area (Å²) in [4.78, 5) is 32.3. The zero-order valence-electron chi connectivity index (χ0n) is 13.8. The number of piperazine rings is 1. The van der Waals surface area contributed by atoms with Crippen molar-refractivity contribution in [3.63, 3.8) is 0 Å². The Morgan fingerprint density at radius 1 is 1.22 bits per heavy atom. The Morgan fingerprint density at radius 2 is 1.96 bits per heavy atom. The molecular formula is C15H24N6O2. The van der Waals surface area contributed by atoms with Gasteiger partial charge < -0.3 is 9.80 Å². The van der Waals surface area contributed by atoms with Gasteiger partial charge in [-0.3, -0.25) is 14.8 Å². The lowest BCUT2D eigenvalue weighted by molar-refractivity contribution is -0.138. The number of urea groups is 1. The van der Waals surface area contributed by atoms with E-state index < -0.39 is 0 Å². The fraction of sp³-hybridized carbons (Fsp3) is 0.733.